The van der Waals surface area contributed by atoms with Gasteiger partial charge in [0, 0.05) is 43.2 Å². The van der Waals surface area contributed by atoms with Crippen LogP contribution in [0, 0.1) is 16.0 Å². The minimum atomic E-state index is -0.374. The summed E-state index contributed by atoms with van der Waals surface area (Å²) < 4.78 is 0. The number of nitro groups is 1. The van der Waals surface area contributed by atoms with Crippen molar-refractivity contribution in [3.05, 3.63) is 62.3 Å². The number of guanidine groups is 1. The molecule has 1 aliphatic rings. The lowest BCUT2D eigenvalue weighted by Crippen LogP contribution is -2.44. The van der Waals surface area contributed by atoms with Gasteiger partial charge in [-0.05, 0) is 49.4 Å². The van der Waals surface area contributed by atoms with Crippen LogP contribution in [0.15, 0.2) is 46.8 Å². The number of benzene rings is 1. The molecule has 2 unspecified atom stereocenters. The highest BCUT2D eigenvalue weighted by Gasteiger charge is 2.31. The molecule has 2 atom stereocenters. The summed E-state index contributed by atoms with van der Waals surface area (Å²) in [6.07, 6.45) is 2.38. The second-order valence-corrected chi connectivity index (χ2v) is 8.06. The van der Waals surface area contributed by atoms with E-state index in [-0.39, 0.29) is 10.6 Å². The van der Waals surface area contributed by atoms with E-state index in [1.54, 1.807) is 19.2 Å². The number of nitrogens with zero attached hydrogens (tertiary/aromatic N) is 3. The van der Waals surface area contributed by atoms with Gasteiger partial charge in [0.2, 0.25) is 0 Å². The van der Waals surface area contributed by atoms with Crippen molar-refractivity contribution in [2.45, 2.75) is 25.4 Å². The van der Waals surface area contributed by atoms with Gasteiger partial charge in [-0.1, -0.05) is 18.2 Å². The molecule has 8 heteroatoms. The topological polar surface area (TPSA) is 82.8 Å². The smallest absolute Gasteiger partial charge is 0.269 e. The Morgan fingerprint density at radius 2 is 2.21 bits per heavy atom. The fourth-order valence-corrected chi connectivity index (χ4v) is 4.78. The Morgan fingerprint density at radius 3 is 2.93 bits per heavy atom. The summed E-state index contributed by atoms with van der Waals surface area (Å²) in [7, 11) is 3.94. The Balaban J connectivity index is 1.57. The van der Waals surface area contributed by atoms with Gasteiger partial charge < -0.3 is 10.6 Å². The maximum absolute atomic E-state index is 10.9. The van der Waals surface area contributed by atoms with Crippen molar-refractivity contribution >= 4 is 23.0 Å². The number of hydrogen-bond donors (Lipinski definition) is 2. The predicted octanol–water partition coefficient (Wildman–Crippen LogP) is 3.40. The van der Waals surface area contributed by atoms with Crippen LogP contribution in [-0.2, 0) is 6.54 Å². The summed E-state index contributed by atoms with van der Waals surface area (Å²) in [5.41, 5.74) is 0.956. The lowest BCUT2D eigenvalue weighted by molar-refractivity contribution is -0.384. The van der Waals surface area contributed by atoms with Crippen molar-refractivity contribution in [2.24, 2.45) is 10.9 Å². The summed E-state index contributed by atoms with van der Waals surface area (Å²) in [4.78, 5) is 18.7. The minimum Gasteiger partial charge on any atom is -0.356 e. The zero-order chi connectivity index (χ0) is 19.9. The van der Waals surface area contributed by atoms with E-state index in [4.69, 9.17) is 0 Å². The number of rotatable bonds is 6. The molecule has 1 fully saturated rings. The molecule has 28 heavy (non-hydrogen) atoms. The Hall–Kier alpha value is -2.45. The van der Waals surface area contributed by atoms with E-state index >= 15 is 0 Å². The van der Waals surface area contributed by atoms with Crippen molar-refractivity contribution in [1.29, 1.82) is 0 Å². The maximum atomic E-state index is 10.9. The lowest BCUT2D eigenvalue weighted by atomic mass is 9.88. The quantitative estimate of drug-likeness (QED) is 0.335. The first-order valence-electron chi connectivity index (χ1n) is 9.50. The van der Waals surface area contributed by atoms with Crippen molar-refractivity contribution < 1.29 is 4.92 Å². The minimum absolute atomic E-state index is 0.103. The first kappa shape index (κ1) is 20.3. The molecule has 0 saturated carbocycles. The van der Waals surface area contributed by atoms with E-state index in [0.29, 0.717) is 24.5 Å². The van der Waals surface area contributed by atoms with Gasteiger partial charge in [0.1, 0.15) is 0 Å². The van der Waals surface area contributed by atoms with Crippen LogP contribution in [0.4, 0.5) is 5.69 Å². The average Bonchev–Trinajstić information content (AvgIpc) is 3.22. The molecule has 0 radical (unpaired) electrons. The van der Waals surface area contributed by atoms with Gasteiger partial charge in [0.15, 0.2) is 5.96 Å². The largest absolute Gasteiger partial charge is 0.356 e. The van der Waals surface area contributed by atoms with E-state index in [2.05, 4.69) is 45.1 Å². The van der Waals surface area contributed by atoms with E-state index in [9.17, 15) is 10.1 Å². The highest BCUT2D eigenvalue weighted by Crippen LogP contribution is 2.36. The van der Waals surface area contributed by atoms with Crippen molar-refractivity contribution in [3.8, 4) is 0 Å². The van der Waals surface area contributed by atoms with Crippen LogP contribution in [0.5, 0.6) is 0 Å². The van der Waals surface area contributed by atoms with Crippen LogP contribution in [0.2, 0.25) is 0 Å². The van der Waals surface area contributed by atoms with Gasteiger partial charge in [-0.15, -0.1) is 11.3 Å². The molecule has 2 heterocycles. The van der Waals surface area contributed by atoms with Crippen LogP contribution < -0.4 is 10.6 Å². The molecule has 0 spiro atoms. The first-order chi connectivity index (χ1) is 13.6. The summed E-state index contributed by atoms with van der Waals surface area (Å²) in [5.74, 6) is 1.22. The SMILES string of the molecule is CN=C(NCc1cccc([N+](=O)[O-])c1)NCC1CCCN(C)C1c1cccs1. The molecular weight excluding hydrogens is 374 g/mol. The first-order valence-corrected chi connectivity index (χ1v) is 10.4. The molecule has 0 bridgehead atoms. The third-order valence-corrected chi connectivity index (χ3v) is 6.12. The average molecular weight is 402 g/mol. The van der Waals surface area contributed by atoms with Crippen molar-refractivity contribution in [1.82, 2.24) is 15.5 Å². The molecule has 1 saturated heterocycles. The van der Waals surface area contributed by atoms with E-state index in [1.807, 2.05) is 17.4 Å². The molecule has 1 aliphatic heterocycles. The summed E-state index contributed by atoms with van der Waals surface area (Å²) >= 11 is 1.82. The molecule has 1 aromatic carbocycles. The lowest BCUT2D eigenvalue weighted by Gasteiger charge is -2.39. The number of nitrogens with one attached hydrogen (secondary N) is 2. The second-order valence-electron chi connectivity index (χ2n) is 7.08. The van der Waals surface area contributed by atoms with Gasteiger partial charge in [-0.2, -0.15) is 0 Å². The normalized spacial score (nSPS) is 20.7. The summed E-state index contributed by atoms with van der Waals surface area (Å²) in [5, 5.41) is 19.8. The fraction of sp³-hybridized carbons (Fsp3) is 0.450. The Labute approximate surface area is 169 Å². The monoisotopic (exact) mass is 401 g/mol. The molecule has 0 amide bonds. The van der Waals surface area contributed by atoms with Crippen molar-refractivity contribution in [3.63, 3.8) is 0 Å². The molecular formula is C20H27N5O2S. The number of non-ortho nitro benzene ring substituents is 1. The molecule has 1 aromatic heterocycles. The zero-order valence-electron chi connectivity index (χ0n) is 16.3. The van der Waals surface area contributed by atoms with Crippen molar-refractivity contribution in [2.75, 3.05) is 27.2 Å². The standard InChI is InChI=1S/C20H27N5O2S/c1-21-20(22-13-15-6-3-8-17(12-15)25(26)27)23-14-16-7-4-10-24(2)19(16)18-9-5-11-28-18/h3,5-6,8-9,11-12,16,19H,4,7,10,13-14H2,1-2H3,(H2,21,22,23). The molecule has 7 nitrogen and oxygen atoms in total. The van der Waals surface area contributed by atoms with Gasteiger partial charge in [-0.3, -0.25) is 20.0 Å². The van der Waals surface area contributed by atoms with Gasteiger partial charge in [0.05, 0.1) is 4.92 Å². The van der Waals surface area contributed by atoms with Crippen LogP contribution in [-0.4, -0.2) is 43.0 Å². The third kappa shape index (κ3) is 5.08. The molecule has 2 aromatic rings. The predicted molar refractivity (Wildman–Crippen MR) is 114 cm³/mol. The highest BCUT2D eigenvalue weighted by atomic mass is 32.1. The van der Waals surface area contributed by atoms with Crippen LogP contribution >= 0.6 is 11.3 Å². The molecule has 2 N–H and O–H groups in total. The number of hydrogen-bond acceptors (Lipinski definition) is 5. The number of nitro benzene ring substituents is 1. The van der Waals surface area contributed by atoms with E-state index in [1.165, 1.54) is 23.8 Å². The number of piperidine rings is 1. The Morgan fingerprint density at radius 1 is 1.36 bits per heavy atom. The zero-order valence-corrected chi connectivity index (χ0v) is 17.1. The number of thiophene rings is 1. The maximum Gasteiger partial charge on any atom is 0.269 e. The Bertz CT molecular complexity index is 809. The van der Waals surface area contributed by atoms with Gasteiger partial charge >= 0.3 is 0 Å². The van der Waals surface area contributed by atoms with Crippen LogP contribution in [0.25, 0.3) is 0 Å². The van der Waals surface area contributed by atoms with E-state index in [0.717, 1.165) is 18.7 Å². The highest BCUT2D eigenvalue weighted by molar-refractivity contribution is 7.10. The number of likely N-dealkylation sites (tertiary alicyclic amines) is 1. The van der Waals surface area contributed by atoms with E-state index < -0.39 is 0 Å². The second kappa shape index (κ2) is 9.66. The Kier molecular flexibility index (Phi) is 7.00. The summed E-state index contributed by atoms with van der Waals surface area (Å²) in [6, 6.07) is 11.4. The molecule has 0 aliphatic carbocycles. The van der Waals surface area contributed by atoms with Crippen LogP contribution in [0.1, 0.15) is 29.3 Å². The molecule has 150 valence electrons. The third-order valence-electron chi connectivity index (χ3n) is 5.18. The van der Waals surface area contributed by atoms with Crippen LogP contribution in [0.3, 0.4) is 0 Å². The van der Waals surface area contributed by atoms with Gasteiger partial charge in [-0.25, -0.2) is 0 Å². The molecule has 3 rings (SSSR count). The number of aliphatic imine (C=N–C) groups is 1. The van der Waals surface area contributed by atoms with Gasteiger partial charge in [0.25, 0.3) is 5.69 Å². The fourth-order valence-electron chi connectivity index (χ4n) is 3.80. The summed E-state index contributed by atoms with van der Waals surface area (Å²) in [6.45, 7) is 2.45.